The van der Waals surface area contributed by atoms with Gasteiger partial charge in [-0.3, -0.25) is 9.68 Å². The smallest absolute Gasteiger partial charge is 0.0733 e. The molecule has 0 aliphatic rings. The van der Waals surface area contributed by atoms with Gasteiger partial charge in [0, 0.05) is 19.8 Å². The number of hydroxylamine groups is 2. The van der Waals surface area contributed by atoms with E-state index in [1.807, 2.05) is 6.92 Å². The molecule has 0 amide bonds. The molecule has 5 heteroatoms. The molecule has 0 aromatic rings. The quantitative estimate of drug-likeness (QED) is 0.396. The fraction of sp³-hybridized carbons (Fsp3) is 1.00. The van der Waals surface area contributed by atoms with Gasteiger partial charge in [0.05, 0.1) is 13.2 Å². The Morgan fingerprint density at radius 3 is 1.77 bits per heavy atom. The fourth-order valence-electron chi connectivity index (χ4n) is 0.682. The van der Waals surface area contributed by atoms with Crippen molar-refractivity contribution < 1.29 is 19.9 Å². The van der Waals surface area contributed by atoms with E-state index >= 15 is 0 Å². The number of nitrogens with zero attached hydrogens (tertiary/aromatic N) is 1. The maximum absolute atomic E-state index is 8.49. The highest BCUT2D eigenvalue weighted by Crippen LogP contribution is 1.94. The topological polar surface area (TPSA) is 62.2 Å². The van der Waals surface area contributed by atoms with Crippen LogP contribution in [0.5, 0.6) is 0 Å². The molecule has 2 N–H and O–H groups in total. The summed E-state index contributed by atoms with van der Waals surface area (Å²) in [5, 5.41) is 18.4. The van der Waals surface area contributed by atoms with Crippen molar-refractivity contribution in [1.29, 1.82) is 0 Å². The van der Waals surface area contributed by atoms with Gasteiger partial charge in [0.1, 0.15) is 0 Å². The lowest BCUT2D eigenvalue weighted by molar-refractivity contribution is -0.367. The largest absolute Gasteiger partial charge is 0.396 e. The molecule has 0 bridgehead atoms. The molecule has 0 rings (SSSR count). The van der Waals surface area contributed by atoms with Crippen LogP contribution in [-0.4, -0.2) is 48.4 Å². The Kier molecular flexibility index (Phi) is 9.73. The van der Waals surface area contributed by atoms with Crippen molar-refractivity contribution in [3.8, 4) is 0 Å². The van der Waals surface area contributed by atoms with Gasteiger partial charge in [-0.2, -0.15) is 0 Å². The van der Waals surface area contributed by atoms with Crippen LogP contribution in [0.2, 0.25) is 0 Å². The Balaban J connectivity index is 3.28. The van der Waals surface area contributed by atoms with Crippen LogP contribution < -0.4 is 0 Å². The average Bonchev–Trinajstić information content (AvgIpc) is 2.16. The minimum absolute atomic E-state index is 0.119. The number of hydrogen-bond acceptors (Lipinski definition) is 5. The first kappa shape index (κ1) is 12.8. The average molecular weight is 193 g/mol. The van der Waals surface area contributed by atoms with E-state index in [2.05, 4.69) is 0 Å². The zero-order chi connectivity index (χ0) is 9.94. The first-order chi connectivity index (χ1) is 6.35. The zero-order valence-electron chi connectivity index (χ0n) is 8.11. The minimum Gasteiger partial charge on any atom is -0.396 e. The first-order valence-electron chi connectivity index (χ1n) is 4.60. The Morgan fingerprint density at radius 2 is 1.46 bits per heavy atom. The Bertz CT molecular complexity index is 92.1. The van der Waals surface area contributed by atoms with Crippen LogP contribution in [0, 0.1) is 0 Å². The SMILES string of the molecule is CCN(OCCCO)OCCCO. The maximum atomic E-state index is 8.49. The Labute approximate surface area is 78.8 Å². The van der Waals surface area contributed by atoms with Crippen LogP contribution in [0.4, 0.5) is 0 Å². The van der Waals surface area contributed by atoms with E-state index in [9.17, 15) is 0 Å². The van der Waals surface area contributed by atoms with E-state index in [1.165, 1.54) is 5.23 Å². The second kappa shape index (κ2) is 9.88. The second-order valence-corrected chi connectivity index (χ2v) is 2.47. The second-order valence-electron chi connectivity index (χ2n) is 2.47. The lowest BCUT2D eigenvalue weighted by Crippen LogP contribution is -2.25. The molecule has 0 aromatic heterocycles. The summed E-state index contributed by atoms with van der Waals surface area (Å²) in [7, 11) is 0. The third-order valence-electron chi connectivity index (χ3n) is 1.33. The molecule has 0 aromatic carbocycles. The number of aliphatic hydroxyl groups is 2. The van der Waals surface area contributed by atoms with E-state index in [-0.39, 0.29) is 13.2 Å². The molecule has 0 aliphatic carbocycles. The predicted molar refractivity (Wildman–Crippen MR) is 47.7 cm³/mol. The number of hydrogen-bond donors (Lipinski definition) is 2. The van der Waals surface area contributed by atoms with E-state index in [1.54, 1.807) is 0 Å². The van der Waals surface area contributed by atoms with Gasteiger partial charge < -0.3 is 10.2 Å². The third kappa shape index (κ3) is 8.14. The summed E-state index contributed by atoms with van der Waals surface area (Å²) in [6.07, 6.45) is 1.19. The number of rotatable bonds is 9. The Hall–Kier alpha value is -0.200. The summed E-state index contributed by atoms with van der Waals surface area (Å²) in [5.74, 6) is 0. The molecular weight excluding hydrogens is 174 g/mol. The molecule has 0 radical (unpaired) electrons. The number of aliphatic hydroxyl groups excluding tert-OH is 2. The van der Waals surface area contributed by atoms with Crippen LogP contribution in [-0.2, 0) is 9.68 Å². The molecule has 5 nitrogen and oxygen atoms in total. The van der Waals surface area contributed by atoms with Crippen molar-refractivity contribution in [2.75, 3.05) is 33.0 Å². The highest BCUT2D eigenvalue weighted by Gasteiger charge is 2.01. The van der Waals surface area contributed by atoms with Crippen molar-refractivity contribution in [1.82, 2.24) is 5.23 Å². The summed E-state index contributed by atoms with van der Waals surface area (Å²) in [6.45, 7) is 3.66. The first-order valence-corrected chi connectivity index (χ1v) is 4.60. The van der Waals surface area contributed by atoms with Crippen LogP contribution in [0.15, 0.2) is 0 Å². The van der Waals surface area contributed by atoms with E-state index in [0.717, 1.165) is 0 Å². The third-order valence-corrected chi connectivity index (χ3v) is 1.33. The molecule has 0 heterocycles. The van der Waals surface area contributed by atoms with E-state index in [0.29, 0.717) is 32.6 Å². The van der Waals surface area contributed by atoms with Gasteiger partial charge in [0.25, 0.3) is 0 Å². The normalized spacial score (nSPS) is 11.1. The summed E-state index contributed by atoms with van der Waals surface area (Å²) in [4.78, 5) is 10.3. The van der Waals surface area contributed by atoms with Crippen LogP contribution in [0.1, 0.15) is 19.8 Å². The van der Waals surface area contributed by atoms with Crippen molar-refractivity contribution in [2.24, 2.45) is 0 Å². The summed E-state index contributed by atoms with van der Waals surface area (Å²) in [6, 6.07) is 0. The molecular formula is C8H19NO4. The fourth-order valence-corrected chi connectivity index (χ4v) is 0.682. The van der Waals surface area contributed by atoms with Crippen LogP contribution >= 0.6 is 0 Å². The highest BCUT2D eigenvalue weighted by molar-refractivity contribution is 4.31. The lowest BCUT2D eigenvalue weighted by Gasteiger charge is -2.18. The van der Waals surface area contributed by atoms with Crippen molar-refractivity contribution in [3.63, 3.8) is 0 Å². The zero-order valence-corrected chi connectivity index (χ0v) is 8.11. The van der Waals surface area contributed by atoms with Gasteiger partial charge >= 0.3 is 0 Å². The molecule has 13 heavy (non-hydrogen) atoms. The van der Waals surface area contributed by atoms with Gasteiger partial charge in [-0.05, 0) is 19.8 Å². The van der Waals surface area contributed by atoms with E-state index in [4.69, 9.17) is 19.9 Å². The Morgan fingerprint density at radius 1 is 1.00 bits per heavy atom. The summed E-state index contributed by atoms with van der Waals surface area (Å²) in [5.41, 5.74) is 0. The van der Waals surface area contributed by atoms with E-state index < -0.39 is 0 Å². The minimum atomic E-state index is 0.119. The molecule has 0 spiro atoms. The molecule has 0 atom stereocenters. The molecule has 0 saturated carbocycles. The van der Waals surface area contributed by atoms with Crippen molar-refractivity contribution in [3.05, 3.63) is 0 Å². The lowest BCUT2D eigenvalue weighted by atomic mass is 10.5. The maximum Gasteiger partial charge on any atom is 0.0733 e. The van der Waals surface area contributed by atoms with Crippen molar-refractivity contribution in [2.45, 2.75) is 19.8 Å². The van der Waals surface area contributed by atoms with Gasteiger partial charge in [-0.1, -0.05) is 5.23 Å². The van der Waals surface area contributed by atoms with Gasteiger partial charge in [-0.15, -0.1) is 0 Å². The predicted octanol–water partition coefficient (Wildman–Crippen LogP) is -0.0637. The standard InChI is InChI=1S/C8H19NO4/c1-2-9(12-7-3-5-10)13-8-4-6-11/h10-11H,2-8H2,1H3. The highest BCUT2D eigenvalue weighted by atomic mass is 16.9. The molecule has 0 aliphatic heterocycles. The summed E-state index contributed by atoms with van der Waals surface area (Å²) >= 11 is 0. The monoisotopic (exact) mass is 193 g/mol. The van der Waals surface area contributed by atoms with Gasteiger partial charge in [-0.25, -0.2) is 0 Å². The van der Waals surface area contributed by atoms with Crippen LogP contribution in [0.25, 0.3) is 0 Å². The van der Waals surface area contributed by atoms with Gasteiger partial charge in [0.15, 0.2) is 0 Å². The van der Waals surface area contributed by atoms with Crippen molar-refractivity contribution >= 4 is 0 Å². The molecule has 0 fully saturated rings. The molecule has 80 valence electrons. The summed E-state index contributed by atoms with van der Waals surface area (Å²) < 4.78 is 0. The van der Waals surface area contributed by atoms with Crippen LogP contribution in [0.3, 0.4) is 0 Å². The van der Waals surface area contributed by atoms with Gasteiger partial charge in [0.2, 0.25) is 0 Å². The molecule has 0 unspecified atom stereocenters. The molecule has 0 saturated heterocycles.